The van der Waals surface area contributed by atoms with Crippen LogP contribution in [-0.4, -0.2) is 35.2 Å². The van der Waals surface area contributed by atoms with Crippen molar-refractivity contribution in [2.75, 3.05) is 12.4 Å². The molecule has 3 aromatic rings. The zero-order valence-corrected chi connectivity index (χ0v) is 18.7. The minimum absolute atomic E-state index is 0.000461. The van der Waals surface area contributed by atoms with Gasteiger partial charge in [-0.15, -0.1) is 0 Å². The molecule has 7 nitrogen and oxygen atoms in total. The van der Waals surface area contributed by atoms with Gasteiger partial charge in [0.1, 0.15) is 0 Å². The van der Waals surface area contributed by atoms with E-state index in [2.05, 4.69) is 25.8 Å². The second kappa shape index (κ2) is 10.2. The van der Waals surface area contributed by atoms with E-state index in [1.165, 1.54) is 19.2 Å². The fourth-order valence-electron chi connectivity index (χ4n) is 3.79. The first-order valence-corrected chi connectivity index (χ1v) is 11.0. The first-order chi connectivity index (χ1) is 16.7. The van der Waals surface area contributed by atoms with Crippen molar-refractivity contribution in [1.29, 1.82) is 0 Å². The first-order valence-electron chi connectivity index (χ1n) is 11.0. The van der Waals surface area contributed by atoms with E-state index < -0.39 is 23.5 Å². The Labute approximate surface area is 198 Å². The molecule has 1 aliphatic rings. The summed E-state index contributed by atoms with van der Waals surface area (Å²) in [5.74, 6) is -0.581. The molecule has 0 spiro atoms. The Hall–Kier alpha value is -3.89. The van der Waals surface area contributed by atoms with Gasteiger partial charge in [0, 0.05) is 17.2 Å². The highest BCUT2D eigenvalue weighted by Crippen LogP contribution is 2.29. The number of nitrogens with one attached hydrogen (secondary N) is 3. The lowest BCUT2D eigenvalue weighted by molar-refractivity contribution is -0.137. The van der Waals surface area contributed by atoms with Crippen molar-refractivity contribution in [3.8, 4) is 17.0 Å². The maximum Gasteiger partial charge on any atom is 0.416 e. The van der Waals surface area contributed by atoms with Crippen LogP contribution in [0.15, 0.2) is 53.5 Å². The summed E-state index contributed by atoms with van der Waals surface area (Å²) in [7, 11) is 1.38. The Bertz CT molecular complexity index is 1220. The predicted octanol–water partition coefficient (Wildman–Crippen LogP) is 5.38. The van der Waals surface area contributed by atoms with Crippen molar-refractivity contribution < 1.29 is 27.1 Å². The third kappa shape index (κ3) is 5.97. The van der Waals surface area contributed by atoms with Crippen LogP contribution in [0.25, 0.3) is 11.3 Å². The van der Waals surface area contributed by atoms with Crippen molar-refractivity contribution >= 4 is 17.7 Å². The van der Waals surface area contributed by atoms with E-state index in [4.69, 9.17) is 4.74 Å². The van der Waals surface area contributed by atoms with Crippen LogP contribution in [0.3, 0.4) is 0 Å². The predicted molar refractivity (Wildman–Crippen MR) is 123 cm³/mol. The molecule has 3 N–H and O–H groups in total. The van der Waals surface area contributed by atoms with Crippen LogP contribution in [0.1, 0.15) is 41.6 Å². The van der Waals surface area contributed by atoms with Crippen LogP contribution in [0.4, 0.5) is 23.4 Å². The van der Waals surface area contributed by atoms with Gasteiger partial charge in [0.15, 0.2) is 17.4 Å². The molecular weight excluding hydrogens is 466 g/mol. The number of hydrogen-bond acceptors (Lipinski definition) is 4. The number of carbonyl (C=O) groups excluding carboxylic acids is 1. The number of H-pyrrole nitrogens is 1. The Morgan fingerprint density at radius 1 is 1.11 bits per heavy atom. The quantitative estimate of drug-likeness (QED) is 0.255. The number of nitrogens with zero attached hydrogens (tertiary/aromatic N) is 2. The van der Waals surface area contributed by atoms with Crippen molar-refractivity contribution in [1.82, 2.24) is 15.5 Å². The number of rotatable bonds is 5. The number of ether oxygens (including phenoxy) is 1. The highest BCUT2D eigenvalue weighted by atomic mass is 19.4. The smallest absolute Gasteiger partial charge is 0.416 e. The van der Waals surface area contributed by atoms with Crippen LogP contribution in [0.5, 0.6) is 5.75 Å². The van der Waals surface area contributed by atoms with Gasteiger partial charge in [-0.1, -0.05) is 12.8 Å². The Morgan fingerprint density at radius 2 is 1.83 bits per heavy atom. The zero-order valence-electron chi connectivity index (χ0n) is 18.7. The molecule has 0 atom stereocenters. The number of halogens is 4. The molecule has 1 aromatic heterocycles. The number of amides is 1. The summed E-state index contributed by atoms with van der Waals surface area (Å²) < 4.78 is 57.5. The Kier molecular flexibility index (Phi) is 7.04. The Balaban J connectivity index is 1.52. The minimum atomic E-state index is -4.49. The number of benzene rings is 2. The molecule has 0 aliphatic heterocycles. The van der Waals surface area contributed by atoms with Crippen LogP contribution >= 0.6 is 0 Å². The molecule has 184 valence electrons. The second-order valence-corrected chi connectivity index (χ2v) is 8.09. The van der Waals surface area contributed by atoms with Crippen LogP contribution in [0.2, 0.25) is 0 Å². The third-order valence-corrected chi connectivity index (χ3v) is 5.63. The van der Waals surface area contributed by atoms with Crippen LogP contribution in [-0.2, 0) is 6.18 Å². The summed E-state index contributed by atoms with van der Waals surface area (Å²) in [6.07, 6.45) is -0.736. The molecular formula is C24H23F4N5O2. The van der Waals surface area contributed by atoms with Crippen molar-refractivity contribution in [2.45, 2.75) is 37.9 Å². The first kappa shape index (κ1) is 24.2. The average Bonchev–Trinajstić information content (AvgIpc) is 3.51. The molecule has 1 saturated carbocycles. The molecule has 0 bridgehead atoms. The molecule has 4 rings (SSSR count). The summed E-state index contributed by atoms with van der Waals surface area (Å²) in [5, 5.41) is 12.5. The average molecular weight is 489 g/mol. The van der Waals surface area contributed by atoms with Gasteiger partial charge in [0.2, 0.25) is 5.96 Å². The number of methoxy groups -OCH3 is 1. The van der Waals surface area contributed by atoms with Gasteiger partial charge in [-0.05, 0) is 55.3 Å². The summed E-state index contributed by atoms with van der Waals surface area (Å²) in [4.78, 5) is 17.3. The highest BCUT2D eigenvalue weighted by Gasteiger charge is 2.30. The molecule has 1 fully saturated rings. The van der Waals surface area contributed by atoms with E-state index in [1.807, 2.05) is 0 Å². The van der Waals surface area contributed by atoms with E-state index >= 15 is 0 Å². The van der Waals surface area contributed by atoms with Gasteiger partial charge < -0.3 is 10.1 Å². The molecule has 1 aliphatic carbocycles. The normalized spacial score (nSPS) is 14.7. The lowest BCUT2D eigenvalue weighted by atomic mass is 10.1. The molecule has 1 amide bonds. The van der Waals surface area contributed by atoms with Gasteiger partial charge in [0.05, 0.1) is 24.4 Å². The number of hydrogen-bond donors (Lipinski definition) is 3. The topological polar surface area (TPSA) is 91.4 Å². The molecule has 0 radical (unpaired) electrons. The molecule has 11 heteroatoms. The number of aromatic nitrogens is 2. The van der Waals surface area contributed by atoms with Gasteiger partial charge in [-0.2, -0.15) is 18.3 Å². The van der Waals surface area contributed by atoms with E-state index in [0.717, 1.165) is 49.9 Å². The minimum Gasteiger partial charge on any atom is -0.494 e. The number of guanidine groups is 1. The lowest BCUT2D eigenvalue weighted by Gasteiger charge is -2.13. The lowest BCUT2D eigenvalue weighted by Crippen LogP contribution is -2.37. The van der Waals surface area contributed by atoms with E-state index in [1.54, 1.807) is 12.1 Å². The van der Waals surface area contributed by atoms with Crippen molar-refractivity contribution in [3.63, 3.8) is 0 Å². The number of alkyl halides is 3. The number of aliphatic imine (C=N–C) groups is 1. The largest absolute Gasteiger partial charge is 0.494 e. The SMILES string of the molecule is COc1ccc(-c2cc(NC(=NC3CCCC3)NC(=O)c3ccc(C(F)(F)F)cc3)n[nH]2)cc1F. The van der Waals surface area contributed by atoms with Crippen molar-refractivity contribution in [3.05, 3.63) is 65.5 Å². The van der Waals surface area contributed by atoms with Crippen LogP contribution < -0.4 is 15.4 Å². The van der Waals surface area contributed by atoms with E-state index in [0.29, 0.717) is 17.1 Å². The summed E-state index contributed by atoms with van der Waals surface area (Å²) >= 11 is 0. The molecule has 2 aromatic carbocycles. The maximum absolute atomic E-state index is 14.1. The monoisotopic (exact) mass is 489 g/mol. The number of anilines is 1. The molecule has 1 heterocycles. The Morgan fingerprint density at radius 3 is 2.46 bits per heavy atom. The van der Waals surface area contributed by atoms with Crippen molar-refractivity contribution in [2.24, 2.45) is 4.99 Å². The van der Waals surface area contributed by atoms with E-state index in [-0.39, 0.29) is 23.3 Å². The third-order valence-electron chi connectivity index (χ3n) is 5.63. The zero-order chi connectivity index (χ0) is 25.0. The number of carbonyl (C=O) groups is 1. The maximum atomic E-state index is 14.1. The summed E-state index contributed by atoms with van der Waals surface area (Å²) in [5.41, 5.74) is 0.261. The summed E-state index contributed by atoms with van der Waals surface area (Å²) in [6.45, 7) is 0. The van der Waals surface area contributed by atoms with Crippen LogP contribution in [0, 0.1) is 5.82 Å². The van der Waals surface area contributed by atoms with E-state index in [9.17, 15) is 22.4 Å². The van der Waals surface area contributed by atoms with Gasteiger partial charge in [-0.25, -0.2) is 9.38 Å². The number of aromatic amines is 1. The fourth-order valence-corrected chi connectivity index (χ4v) is 3.79. The molecule has 0 unspecified atom stereocenters. The highest BCUT2D eigenvalue weighted by molar-refractivity contribution is 6.09. The van der Waals surface area contributed by atoms with Gasteiger partial charge in [-0.3, -0.25) is 15.2 Å². The van der Waals surface area contributed by atoms with Gasteiger partial charge >= 0.3 is 6.18 Å². The molecule has 35 heavy (non-hydrogen) atoms. The standard InChI is InChI=1S/C24H23F4N5O2/c1-35-20-11-8-15(12-18(20)25)19-13-21(33-32-19)30-23(29-17-4-2-3-5-17)31-22(34)14-6-9-16(10-7-14)24(26,27)28/h6-13,17H,2-5H2,1H3,(H3,29,30,31,32,33,34). The second-order valence-electron chi connectivity index (χ2n) is 8.09. The fraction of sp³-hybridized carbons (Fsp3) is 0.292. The summed E-state index contributed by atoms with van der Waals surface area (Å²) in [6, 6.07) is 10.0. The molecule has 0 saturated heterocycles. The van der Waals surface area contributed by atoms with Gasteiger partial charge in [0.25, 0.3) is 5.91 Å².